The van der Waals surface area contributed by atoms with Crippen molar-refractivity contribution in [2.75, 3.05) is 0 Å². The minimum atomic E-state index is -1.20. The molecular weight excluding hydrogens is 404 g/mol. The van der Waals surface area contributed by atoms with Gasteiger partial charge < -0.3 is 5.11 Å². The van der Waals surface area contributed by atoms with Crippen LogP contribution in [0.3, 0.4) is 0 Å². The average Bonchev–Trinajstić information content (AvgIpc) is 3.03. The number of carboxylic acid groups (broad SMARTS) is 1. The monoisotopic (exact) mass is 415 g/mol. The van der Waals surface area contributed by atoms with Crippen LogP contribution >= 0.6 is 23.2 Å². The number of halogens is 3. The van der Waals surface area contributed by atoms with Crippen molar-refractivity contribution in [2.45, 2.75) is 6.54 Å². The zero-order chi connectivity index (χ0) is 19.8. The first-order chi connectivity index (χ1) is 13.5. The molecule has 0 aliphatic rings. The van der Waals surface area contributed by atoms with Gasteiger partial charge >= 0.3 is 5.97 Å². The fourth-order valence-corrected chi connectivity index (χ4v) is 3.50. The second kappa shape index (κ2) is 7.22. The van der Waals surface area contributed by atoms with E-state index in [1.54, 1.807) is 35.1 Å². The smallest absolute Gasteiger partial charge is 0.335 e. The first kappa shape index (κ1) is 18.4. The maximum absolute atomic E-state index is 14.6. The summed E-state index contributed by atoms with van der Waals surface area (Å²) in [5.41, 5.74) is 2.20. The summed E-state index contributed by atoms with van der Waals surface area (Å²) >= 11 is 12.5. The Morgan fingerprint density at radius 1 is 1.11 bits per heavy atom. The van der Waals surface area contributed by atoms with Crippen molar-refractivity contribution < 1.29 is 14.3 Å². The molecule has 0 amide bonds. The molecule has 8 heteroatoms. The fourth-order valence-electron chi connectivity index (χ4n) is 2.98. The minimum Gasteiger partial charge on any atom is -0.478 e. The van der Waals surface area contributed by atoms with E-state index in [0.29, 0.717) is 32.3 Å². The molecule has 28 heavy (non-hydrogen) atoms. The summed E-state index contributed by atoms with van der Waals surface area (Å²) in [6.07, 6.45) is 1.59. The van der Waals surface area contributed by atoms with Gasteiger partial charge in [-0.05, 0) is 42.5 Å². The lowest BCUT2D eigenvalue weighted by Gasteiger charge is -2.08. The van der Waals surface area contributed by atoms with Crippen LogP contribution in [-0.2, 0) is 6.54 Å². The van der Waals surface area contributed by atoms with E-state index in [-0.39, 0.29) is 17.7 Å². The van der Waals surface area contributed by atoms with Crippen LogP contribution in [0.25, 0.3) is 22.3 Å². The maximum atomic E-state index is 14.6. The lowest BCUT2D eigenvalue weighted by Crippen LogP contribution is -2.03. The van der Waals surface area contributed by atoms with Crippen LogP contribution in [0.1, 0.15) is 15.9 Å². The highest BCUT2D eigenvalue weighted by molar-refractivity contribution is 6.36. The highest BCUT2D eigenvalue weighted by Crippen LogP contribution is 2.31. The zero-order valence-corrected chi connectivity index (χ0v) is 15.7. The van der Waals surface area contributed by atoms with Crippen LogP contribution in [0, 0.1) is 5.82 Å². The highest BCUT2D eigenvalue weighted by Gasteiger charge is 2.19. The van der Waals surface area contributed by atoms with Crippen LogP contribution < -0.4 is 0 Å². The van der Waals surface area contributed by atoms with Gasteiger partial charge in [-0.15, -0.1) is 0 Å². The highest BCUT2D eigenvalue weighted by atomic mass is 35.5. The number of nitrogens with zero attached hydrogens (tertiary/aromatic N) is 3. The lowest BCUT2D eigenvalue weighted by atomic mass is 10.1. The molecule has 0 bridgehead atoms. The largest absolute Gasteiger partial charge is 0.478 e. The van der Waals surface area contributed by atoms with Crippen molar-refractivity contribution in [3.05, 3.63) is 81.7 Å². The zero-order valence-electron chi connectivity index (χ0n) is 14.2. The summed E-state index contributed by atoms with van der Waals surface area (Å²) in [7, 11) is 0. The Hall–Kier alpha value is -2.96. The Morgan fingerprint density at radius 2 is 1.86 bits per heavy atom. The number of rotatable bonds is 4. The summed E-state index contributed by atoms with van der Waals surface area (Å²) in [4.78, 5) is 15.4. The van der Waals surface area contributed by atoms with Crippen LogP contribution in [0.5, 0.6) is 0 Å². The van der Waals surface area contributed by atoms with E-state index < -0.39 is 11.8 Å². The van der Waals surface area contributed by atoms with E-state index in [2.05, 4.69) is 10.1 Å². The van der Waals surface area contributed by atoms with E-state index in [9.17, 15) is 9.18 Å². The molecule has 2 aromatic carbocycles. The van der Waals surface area contributed by atoms with Crippen LogP contribution in [0.15, 0.2) is 54.7 Å². The standard InChI is InChI=1S/C20H12Cl2FN3O2/c21-14-3-1-4-15(22)13(14)10-26-17-5-2-8-24-19(17)18(25-26)12-7-6-11(20(27)28)9-16(12)23/h1-9H,10H2,(H,27,28). The first-order valence-electron chi connectivity index (χ1n) is 8.23. The minimum absolute atomic E-state index is 0.138. The normalized spacial score (nSPS) is 11.1. The number of carboxylic acids is 1. The molecular formula is C20H12Cl2FN3O2. The Bertz CT molecular complexity index is 1200. The first-order valence-corrected chi connectivity index (χ1v) is 8.99. The molecule has 0 atom stereocenters. The Morgan fingerprint density at radius 3 is 2.54 bits per heavy atom. The third-order valence-electron chi connectivity index (χ3n) is 4.35. The van der Waals surface area contributed by atoms with Gasteiger partial charge in [-0.1, -0.05) is 29.3 Å². The van der Waals surface area contributed by atoms with Crippen molar-refractivity contribution in [2.24, 2.45) is 0 Å². The molecule has 4 aromatic rings. The van der Waals surface area contributed by atoms with E-state index in [1.807, 2.05) is 6.07 Å². The number of pyridine rings is 1. The number of benzene rings is 2. The Balaban J connectivity index is 1.87. The van der Waals surface area contributed by atoms with E-state index >= 15 is 0 Å². The summed E-state index contributed by atoms with van der Waals surface area (Å²) < 4.78 is 16.3. The molecule has 0 unspecified atom stereocenters. The van der Waals surface area contributed by atoms with Crippen molar-refractivity contribution in [3.8, 4) is 11.3 Å². The SMILES string of the molecule is O=C(O)c1ccc(-c2nn(Cc3c(Cl)cccc3Cl)c3cccnc23)c(F)c1. The second-order valence-electron chi connectivity index (χ2n) is 6.08. The Labute approximate surface area is 169 Å². The molecule has 0 spiro atoms. The average molecular weight is 416 g/mol. The van der Waals surface area contributed by atoms with Crippen LogP contribution in [-0.4, -0.2) is 25.8 Å². The molecule has 0 aliphatic carbocycles. The van der Waals surface area contributed by atoms with Gasteiger partial charge in [-0.25, -0.2) is 9.18 Å². The molecule has 0 saturated carbocycles. The number of hydrogen-bond acceptors (Lipinski definition) is 3. The van der Waals surface area contributed by atoms with Crippen LogP contribution in [0.4, 0.5) is 4.39 Å². The second-order valence-corrected chi connectivity index (χ2v) is 6.89. The predicted octanol–water partition coefficient (Wildman–Crippen LogP) is 5.29. The van der Waals surface area contributed by atoms with E-state index in [4.69, 9.17) is 28.3 Å². The molecule has 4 rings (SSSR count). The summed E-state index contributed by atoms with van der Waals surface area (Å²) in [5.74, 6) is -1.89. The van der Waals surface area contributed by atoms with Crippen molar-refractivity contribution in [1.82, 2.24) is 14.8 Å². The topological polar surface area (TPSA) is 68.0 Å². The van der Waals surface area contributed by atoms with Crippen molar-refractivity contribution in [3.63, 3.8) is 0 Å². The Kier molecular flexibility index (Phi) is 4.75. The van der Waals surface area contributed by atoms with Crippen LogP contribution in [0.2, 0.25) is 10.0 Å². The fraction of sp³-hybridized carbons (Fsp3) is 0.0500. The van der Waals surface area contributed by atoms with Gasteiger partial charge in [0.25, 0.3) is 0 Å². The lowest BCUT2D eigenvalue weighted by molar-refractivity contribution is 0.0696. The van der Waals surface area contributed by atoms with Gasteiger partial charge in [0.05, 0.1) is 17.6 Å². The summed E-state index contributed by atoms with van der Waals surface area (Å²) in [6, 6.07) is 12.5. The number of aromatic carboxylic acids is 1. The van der Waals surface area contributed by atoms with Gasteiger partial charge in [-0.2, -0.15) is 5.10 Å². The van der Waals surface area contributed by atoms with Crippen molar-refractivity contribution >= 4 is 40.2 Å². The predicted molar refractivity (Wildman–Crippen MR) is 105 cm³/mol. The molecule has 0 saturated heterocycles. The molecule has 2 aromatic heterocycles. The molecule has 140 valence electrons. The number of carbonyl (C=O) groups is 1. The summed E-state index contributed by atoms with van der Waals surface area (Å²) in [5, 5.41) is 14.6. The molecule has 2 heterocycles. The molecule has 0 fully saturated rings. The van der Waals surface area contributed by atoms with E-state index in [0.717, 1.165) is 6.07 Å². The van der Waals surface area contributed by atoms with Gasteiger partial charge in [0.2, 0.25) is 0 Å². The molecule has 1 N–H and O–H groups in total. The summed E-state index contributed by atoms with van der Waals surface area (Å²) in [6.45, 7) is 0.273. The third-order valence-corrected chi connectivity index (χ3v) is 5.06. The number of hydrogen-bond donors (Lipinski definition) is 1. The quantitative estimate of drug-likeness (QED) is 0.491. The van der Waals surface area contributed by atoms with Gasteiger partial charge in [0.15, 0.2) is 0 Å². The van der Waals surface area contributed by atoms with Gasteiger partial charge in [0.1, 0.15) is 17.0 Å². The van der Waals surface area contributed by atoms with Crippen molar-refractivity contribution in [1.29, 1.82) is 0 Å². The number of aromatic nitrogens is 3. The molecule has 0 radical (unpaired) electrons. The third kappa shape index (κ3) is 3.21. The molecule has 0 aliphatic heterocycles. The van der Waals surface area contributed by atoms with Gasteiger partial charge in [-0.3, -0.25) is 9.67 Å². The van der Waals surface area contributed by atoms with Gasteiger partial charge in [0, 0.05) is 27.4 Å². The molecule has 5 nitrogen and oxygen atoms in total. The number of fused-ring (bicyclic) bond motifs is 1. The maximum Gasteiger partial charge on any atom is 0.335 e. The van der Waals surface area contributed by atoms with E-state index in [1.165, 1.54) is 12.1 Å².